The Morgan fingerprint density at radius 2 is 1.74 bits per heavy atom. The quantitative estimate of drug-likeness (QED) is 0.270. The minimum absolute atomic E-state index is 0.0191. The van der Waals surface area contributed by atoms with Gasteiger partial charge in [0.05, 0.1) is 22.3 Å². The number of aliphatic imine (C=N–C) groups is 1. The summed E-state index contributed by atoms with van der Waals surface area (Å²) in [5.74, 6) is -0.585. The van der Waals surface area contributed by atoms with E-state index in [0.717, 1.165) is 25.9 Å². The smallest absolute Gasteiger partial charge is 0.261 e. The highest BCUT2D eigenvalue weighted by molar-refractivity contribution is 6.08. The van der Waals surface area contributed by atoms with Gasteiger partial charge in [-0.15, -0.1) is 0 Å². The molecule has 1 aromatic heterocycles. The maximum atomic E-state index is 14.3. The lowest BCUT2D eigenvalue weighted by atomic mass is 10.1. The summed E-state index contributed by atoms with van der Waals surface area (Å²) in [6.07, 6.45) is 1.97. The molecule has 0 fully saturated rings. The first-order chi connectivity index (χ1) is 16.4. The number of halogens is 1. The zero-order valence-electron chi connectivity index (χ0n) is 19.1. The van der Waals surface area contributed by atoms with E-state index in [2.05, 4.69) is 46.2 Å². The van der Waals surface area contributed by atoms with Gasteiger partial charge >= 0.3 is 0 Å². The number of hydrogen-bond donors (Lipinski definition) is 3. The highest BCUT2D eigenvalue weighted by Gasteiger charge is 2.16. The molecule has 0 aliphatic rings. The van der Waals surface area contributed by atoms with Crippen LogP contribution in [0.2, 0.25) is 0 Å². The number of rotatable bonds is 8. The number of aromatic nitrogens is 1. The number of benzene rings is 3. The van der Waals surface area contributed by atoms with Gasteiger partial charge in [-0.2, -0.15) is 0 Å². The van der Waals surface area contributed by atoms with Crippen molar-refractivity contribution in [2.75, 3.05) is 19.3 Å². The number of H-pyrrole nitrogens is 1. The van der Waals surface area contributed by atoms with Gasteiger partial charge in [-0.25, -0.2) is 9.38 Å². The molecule has 4 rings (SSSR count). The Kier molecular flexibility index (Phi) is 7.04. The average Bonchev–Trinajstić information content (AvgIpc) is 2.80. The van der Waals surface area contributed by atoms with Crippen molar-refractivity contribution in [1.82, 2.24) is 9.88 Å². The first-order valence-corrected chi connectivity index (χ1v) is 11.2. The molecule has 0 unspecified atom stereocenters. The maximum Gasteiger partial charge on any atom is 0.261 e. The molecule has 0 bridgehead atoms. The van der Waals surface area contributed by atoms with Crippen molar-refractivity contribution in [2.24, 2.45) is 10.7 Å². The molecule has 3 aromatic carbocycles. The number of amidine groups is 1. The van der Waals surface area contributed by atoms with Crippen molar-refractivity contribution >= 4 is 28.1 Å². The molecular weight excluding hydrogens is 429 g/mol. The summed E-state index contributed by atoms with van der Waals surface area (Å²) in [6, 6.07) is 22.5. The molecule has 0 atom stereocenters. The van der Waals surface area contributed by atoms with Gasteiger partial charge in [0.15, 0.2) is 0 Å². The largest absolute Gasteiger partial charge is 0.397 e. The highest BCUT2D eigenvalue weighted by Crippen LogP contribution is 2.24. The van der Waals surface area contributed by atoms with Crippen LogP contribution in [0.1, 0.15) is 23.1 Å². The first kappa shape index (κ1) is 23.2. The minimum atomic E-state index is -0.529. The summed E-state index contributed by atoms with van der Waals surface area (Å²) in [6.45, 7) is 1.91. The lowest BCUT2D eigenvalue weighted by molar-refractivity contribution is 0.322. The summed E-state index contributed by atoms with van der Waals surface area (Å²) < 4.78 is 14.3. The molecule has 4 aromatic rings. The molecule has 0 saturated heterocycles. The Morgan fingerprint density at radius 3 is 2.47 bits per heavy atom. The second kappa shape index (κ2) is 10.3. The van der Waals surface area contributed by atoms with E-state index in [1.807, 2.05) is 30.3 Å². The Morgan fingerprint density at radius 1 is 1.00 bits per heavy atom. The lowest BCUT2D eigenvalue weighted by Gasteiger charge is -2.16. The number of nitrogens with one attached hydrogen (secondary N) is 1. The van der Waals surface area contributed by atoms with Crippen molar-refractivity contribution in [3.8, 4) is 0 Å². The van der Waals surface area contributed by atoms with E-state index < -0.39 is 11.4 Å². The van der Waals surface area contributed by atoms with Gasteiger partial charge in [-0.05, 0) is 61.8 Å². The van der Waals surface area contributed by atoms with Crippen molar-refractivity contribution < 1.29 is 4.39 Å². The molecule has 6 nitrogen and oxygen atoms in total. The average molecular weight is 458 g/mol. The summed E-state index contributed by atoms with van der Waals surface area (Å²) >= 11 is 0. The monoisotopic (exact) mass is 457 g/mol. The van der Waals surface area contributed by atoms with Gasteiger partial charge in [0, 0.05) is 6.54 Å². The molecule has 0 saturated carbocycles. The van der Waals surface area contributed by atoms with Crippen LogP contribution >= 0.6 is 0 Å². The Balaban J connectivity index is 1.42. The molecule has 5 N–H and O–H groups in total. The van der Waals surface area contributed by atoms with Gasteiger partial charge in [0.25, 0.3) is 5.56 Å². The Labute approximate surface area is 197 Å². The molecule has 7 heteroatoms. The van der Waals surface area contributed by atoms with Gasteiger partial charge < -0.3 is 21.4 Å². The summed E-state index contributed by atoms with van der Waals surface area (Å²) in [5.41, 5.74) is 15.1. The first-order valence-electron chi connectivity index (χ1n) is 11.2. The Hall–Kier alpha value is -3.97. The minimum Gasteiger partial charge on any atom is -0.397 e. The second-order valence-electron chi connectivity index (χ2n) is 8.40. The maximum absolute atomic E-state index is 14.3. The van der Waals surface area contributed by atoms with E-state index in [4.69, 9.17) is 11.5 Å². The van der Waals surface area contributed by atoms with E-state index in [0.29, 0.717) is 11.2 Å². The van der Waals surface area contributed by atoms with E-state index in [1.54, 1.807) is 6.07 Å². The van der Waals surface area contributed by atoms with E-state index in [-0.39, 0.29) is 22.5 Å². The fraction of sp³-hybridized carbons (Fsp3) is 0.185. The molecule has 174 valence electrons. The highest BCUT2D eigenvalue weighted by atomic mass is 19.1. The topological polar surface area (TPSA) is 100 Å². The van der Waals surface area contributed by atoms with E-state index in [1.165, 1.54) is 23.3 Å². The number of aromatic amines is 1. The summed E-state index contributed by atoms with van der Waals surface area (Å²) in [5, 5.41) is 0.128. The number of pyridine rings is 1. The number of nitrogens with two attached hydrogens (primary N) is 2. The number of nitrogens with zero attached hydrogens (tertiary/aromatic N) is 2. The van der Waals surface area contributed by atoms with Crippen molar-refractivity contribution in [2.45, 2.75) is 19.4 Å². The Bertz CT molecular complexity index is 1360. The fourth-order valence-corrected chi connectivity index (χ4v) is 4.05. The number of anilines is 1. The summed E-state index contributed by atoms with van der Waals surface area (Å²) in [4.78, 5) is 21.8. The van der Waals surface area contributed by atoms with Crippen LogP contribution < -0.4 is 17.0 Å². The van der Waals surface area contributed by atoms with Crippen LogP contribution in [0.25, 0.3) is 10.9 Å². The van der Waals surface area contributed by atoms with Crippen molar-refractivity contribution in [3.05, 3.63) is 106 Å². The third kappa shape index (κ3) is 5.32. The molecule has 0 amide bonds. The molecular formula is C27H28FN5O. The number of fused-ring (bicyclic) bond motifs is 1. The standard InChI is InChI=1S/C27H28FN5O/c1-33(17-19-7-3-2-4-8-19)16-6-9-18-12-14-20(15-13-18)31-26(30)24-25(29)23-21(28)10-5-11-22(23)32-27(24)34/h2-5,7-8,10-15H,6,9,16-17H2,1H3,(H2,30,31)(H3,29,32,34). The van der Waals surface area contributed by atoms with Gasteiger partial charge in [-0.1, -0.05) is 48.5 Å². The van der Waals surface area contributed by atoms with Crippen molar-refractivity contribution in [1.29, 1.82) is 0 Å². The molecule has 0 spiro atoms. The third-order valence-corrected chi connectivity index (χ3v) is 5.77. The van der Waals surface area contributed by atoms with Crippen LogP contribution in [0.4, 0.5) is 15.8 Å². The fourth-order valence-electron chi connectivity index (χ4n) is 4.05. The van der Waals surface area contributed by atoms with Crippen LogP contribution in [-0.2, 0) is 13.0 Å². The van der Waals surface area contributed by atoms with Crippen LogP contribution in [0.3, 0.4) is 0 Å². The van der Waals surface area contributed by atoms with Crippen LogP contribution in [0, 0.1) is 5.82 Å². The zero-order chi connectivity index (χ0) is 24.1. The number of nitrogen functional groups attached to an aromatic ring is 1. The van der Waals surface area contributed by atoms with Crippen LogP contribution in [-0.4, -0.2) is 29.3 Å². The van der Waals surface area contributed by atoms with Gasteiger partial charge in [0.2, 0.25) is 0 Å². The van der Waals surface area contributed by atoms with E-state index in [9.17, 15) is 9.18 Å². The second-order valence-corrected chi connectivity index (χ2v) is 8.40. The predicted octanol–water partition coefficient (Wildman–Crippen LogP) is 4.35. The molecule has 34 heavy (non-hydrogen) atoms. The van der Waals surface area contributed by atoms with Gasteiger partial charge in [0.1, 0.15) is 17.2 Å². The van der Waals surface area contributed by atoms with Crippen LogP contribution in [0.15, 0.2) is 82.6 Å². The normalized spacial score (nSPS) is 11.9. The molecule has 0 radical (unpaired) electrons. The lowest BCUT2D eigenvalue weighted by Crippen LogP contribution is -2.26. The molecule has 0 aliphatic carbocycles. The van der Waals surface area contributed by atoms with Crippen molar-refractivity contribution in [3.63, 3.8) is 0 Å². The van der Waals surface area contributed by atoms with Gasteiger partial charge in [-0.3, -0.25) is 4.79 Å². The number of hydrogen-bond acceptors (Lipinski definition) is 4. The predicted molar refractivity (Wildman–Crippen MR) is 137 cm³/mol. The summed E-state index contributed by atoms with van der Waals surface area (Å²) in [7, 11) is 2.12. The number of aryl methyl sites for hydroxylation is 1. The third-order valence-electron chi connectivity index (χ3n) is 5.77. The molecule has 0 aliphatic heterocycles. The molecule has 1 heterocycles. The SMILES string of the molecule is CN(CCCc1ccc(N=C(N)c2c(N)c3c(F)cccc3[nH]c2=O)cc1)Cc1ccccc1. The van der Waals surface area contributed by atoms with E-state index >= 15 is 0 Å². The zero-order valence-corrected chi connectivity index (χ0v) is 19.1. The van der Waals surface area contributed by atoms with Crippen LogP contribution in [0.5, 0.6) is 0 Å².